The number of hydrogen-bond acceptors (Lipinski definition) is 6. The summed E-state index contributed by atoms with van der Waals surface area (Å²) in [7, 11) is 1.41. The van der Waals surface area contributed by atoms with Crippen LogP contribution < -0.4 is 15.4 Å². The number of carbonyl (C=O) groups excluding carboxylic acids is 4. The molecule has 3 amide bonds. The van der Waals surface area contributed by atoms with Gasteiger partial charge in [0.25, 0.3) is 17.7 Å². The Balaban J connectivity index is 1.65. The van der Waals surface area contributed by atoms with Crippen LogP contribution in [0.1, 0.15) is 33.6 Å². The molecule has 30 heavy (non-hydrogen) atoms. The van der Waals surface area contributed by atoms with Crippen LogP contribution in [0.2, 0.25) is 5.02 Å². The third-order valence-electron chi connectivity index (χ3n) is 3.92. The van der Waals surface area contributed by atoms with Crippen molar-refractivity contribution in [3.8, 4) is 5.75 Å². The van der Waals surface area contributed by atoms with Gasteiger partial charge in [-0.15, -0.1) is 0 Å². The maximum Gasteiger partial charge on any atom is 0.306 e. The van der Waals surface area contributed by atoms with Gasteiger partial charge in [0.2, 0.25) is 0 Å². The minimum Gasteiger partial charge on any atom is -0.496 e. The van der Waals surface area contributed by atoms with Gasteiger partial charge in [-0.3, -0.25) is 24.5 Å². The number of methoxy groups -OCH3 is 1. The van der Waals surface area contributed by atoms with E-state index in [4.69, 9.17) is 21.1 Å². The van der Waals surface area contributed by atoms with Crippen molar-refractivity contribution in [3.63, 3.8) is 0 Å². The molecule has 0 spiro atoms. The van der Waals surface area contributed by atoms with E-state index in [1.165, 1.54) is 13.2 Å². The average molecular weight is 433 g/mol. The fourth-order valence-corrected chi connectivity index (χ4v) is 2.54. The van der Waals surface area contributed by atoms with E-state index in [0.29, 0.717) is 22.8 Å². The largest absolute Gasteiger partial charge is 0.496 e. The number of amides is 3. The highest BCUT2D eigenvalue weighted by molar-refractivity contribution is 6.30. The minimum atomic E-state index is -0.754. The van der Waals surface area contributed by atoms with Crippen LogP contribution in [0, 0.1) is 0 Å². The standard InChI is InChI=1S/C21H21ClN2O6/c1-29-17-6-3-2-5-16(17)21(28)24-18(25)13-30-19(26)7-4-12-23-20(27)14-8-10-15(22)11-9-14/h2-3,5-6,8-11H,4,7,12-13H2,1H3,(H,23,27)(H,24,25,28). The second kappa shape index (κ2) is 11.6. The lowest BCUT2D eigenvalue weighted by molar-refractivity contribution is -0.148. The van der Waals surface area contributed by atoms with Gasteiger partial charge >= 0.3 is 5.97 Å². The summed E-state index contributed by atoms with van der Waals surface area (Å²) < 4.78 is 9.90. The van der Waals surface area contributed by atoms with Crippen molar-refractivity contribution in [1.82, 2.24) is 10.6 Å². The zero-order valence-electron chi connectivity index (χ0n) is 16.3. The van der Waals surface area contributed by atoms with Crippen molar-refractivity contribution < 1.29 is 28.7 Å². The van der Waals surface area contributed by atoms with Crippen molar-refractivity contribution >= 4 is 35.3 Å². The number of carbonyl (C=O) groups is 4. The summed E-state index contributed by atoms with van der Waals surface area (Å²) in [4.78, 5) is 47.5. The highest BCUT2D eigenvalue weighted by Gasteiger charge is 2.16. The summed E-state index contributed by atoms with van der Waals surface area (Å²) in [5.74, 6) is -1.99. The lowest BCUT2D eigenvalue weighted by Crippen LogP contribution is -2.34. The van der Waals surface area contributed by atoms with E-state index in [2.05, 4.69) is 10.6 Å². The molecule has 0 heterocycles. The first-order chi connectivity index (χ1) is 14.4. The number of halogens is 1. The molecule has 0 atom stereocenters. The molecule has 0 unspecified atom stereocenters. The molecule has 9 heteroatoms. The molecular formula is C21H21ClN2O6. The predicted octanol–water partition coefficient (Wildman–Crippen LogP) is 2.36. The van der Waals surface area contributed by atoms with Crippen LogP contribution in [0.5, 0.6) is 5.75 Å². The summed E-state index contributed by atoms with van der Waals surface area (Å²) >= 11 is 5.77. The Labute approximate surface area is 178 Å². The van der Waals surface area contributed by atoms with Gasteiger partial charge in [-0.25, -0.2) is 0 Å². The summed E-state index contributed by atoms with van der Waals surface area (Å²) in [5, 5.41) is 5.33. The van der Waals surface area contributed by atoms with Gasteiger partial charge in [0.1, 0.15) is 5.75 Å². The molecule has 0 aliphatic carbocycles. The molecule has 0 bridgehead atoms. The molecule has 0 saturated heterocycles. The van der Waals surface area contributed by atoms with Gasteiger partial charge in [-0.2, -0.15) is 0 Å². The van der Waals surface area contributed by atoms with E-state index in [9.17, 15) is 19.2 Å². The van der Waals surface area contributed by atoms with Crippen molar-refractivity contribution in [1.29, 1.82) is 0 Å². The lowest BCUT2D eigenvalue weighted by Gasteiger charge is -2.09. The van der Waals surface area contributed by atoms with Gasteiger partial charge in [0.15, 0.2) is 6.61 Å². The summed E-state index contributed by atoms with van der Waals surface area (Å²) in [6.07, 6.45) is 0.342. The van der Waals surface area contributed by atoms with Crippen molar-refractivity contribution in [2.75, 3.05) is 20.3 Å². The number of para-hydroxylation sites is 1. The Kier molecular flexibility index (Phi) is 8.83. The van der Waals surface area contributed by atoms with Crippen molar-refractivity contribution in [2.45, 2.75) is 12.8 Å². The van der Waals surface area contributed by atoms with Crippen LogP contribution in [-0.2, 0) is 14.3 Å². The predicted molar refractivity (Wildman–Crippen MR) is 109 cm³/mol. The van der Waals surface area contributed by atoms with Crippen LogP contribution in [0.25, 0.3) is 0 Å². The highest BCUT2D eigenvalue weighted by Crippen LogP contribution is 2.16. The van der Waals surface area contributed by atoms with Gasteiger partial charge in [0.05, 0.1) is 12.7 Å². The number of rotatable bonds is 9. The van der Waals surface area contributed by atoms with E-state index in [0.717, 1.165) is 0 Å². The molecular weight excluding hydrogens is 412 g/mol. The zero-order chi connectivity index (χ0) is 21.9. The summed E-state index contributed by atoms with van der Waals surface area (Å²) in [5.41, 5.74) is 0.648. The minimum absolute atomic E-state index is 0.00856. The zero-order valence-corrected chi connectivity index (χ0v) is 17.0. The first-order valence-electron chi connectivity index (χ1n) is 9.07. The number of nitrogens with one attached hydrogen (secondary N) is 2. The molecule has 158 valence electrons. The monoisotopic (exact) mass is 432 g/mol. The molecule has 0 saturated carbocycles. The summed E-state index contributed by atoms with van der Waals surface area (Å²) in [6.45, 7) is -0.327. The molecule has 0 aromatic heterocycles. The Morgan fingerprint density at radius 2 is 1.67 bits per heavy atom. The van der Waals surface area contributed by atoms with Gasteiger partial charge in [-0.1, -0.05) is 23.7 Å². The maximum absolute atomic E-state index is 12.1. The van der Waals surface area contributed by atoms with Crippen molar-refractivity contribution in [3.05, 3.63) is 64.7 Å². The van der Waals surface area contributed by atoms with Crippen molar-refractivity contribution in [2.24, 2.45) is 0 Å². The maximum atomic E-state index is 12.1. The number of hydrogen-bond donors (Lipinski definition) is 2. The topological polar surface area (TPSA) is 111 Å². The van der Waals surface area contributed by atoms with E-state index < -0.39 is 24.4 Å². The molecule has 0 radical (unpaired) electrons. The normalized spacial score (nSPS) is 10.1. The molecule has 0 aliphatic heterocycles. The van der Waals surface area contributed by atoms with Gasteiger partial charge < -0.3 is 14.8 Å². The van der Waals surface area contributed by atoms with E-state index >= 15 is 0 Å². The van der Waals surface area contributed by atoms with Crippen LogP contribution in [0.15, 0.2) is 48.5 Å². The van der Waals surface area contributed by atoms with Crippen LogP contribution >= 0.6 is 11.6 Å². The second-order valence-electron chi connectivity index (χ2n) is 6.10. The van der Waals surface area contributed by atoms with Gasteiger partial charge in [-0.05, 0) is 42.8 Å². The third kappa shape index (κ3) is 7.21. The number of imide groups is 1. The Bertz CT molecular complexity index is 914. The molecule has 2 N–H and O–H groups in total. The molecule has 2 aromatic rings. The van der Waals surface area contributed by atoms with E-state index in [1.807, 2.05) is 0 Å². The SMILES string of the molecule is COc1ccccc1C(=O)NC(=O)COC(=O)CCCNC(=O)c1ccc(Cl)cc1. The number of benzene rings is 2. The molecule has 0 fully saturated rings. The van der Waals surface area contributed by atoms with Gasteiger partial charge in [0, 0.05) is 23.6 Å². The fraction of sp³-hybridized carbons (Fsp3) is 0.238. The Morgan fingerprint density at radius 3 is 2.37 bits per heavy atom. The third-order valence-corrected chi connectivity index (χ3v) is 4.17. The lowest BCUT2D eigenvalue weighted by atomic mass is 10.2. The first kappa shape index (κ1) is 22.9. The second-order valence-corrected chi connectivity index (χ2v) is 6.54. The number of esters is 1. The summed E-state index contributed by atoms with van der Waals surface area (Å²) in [6, 6.07) is 12.8. The number of ether oxygens (including phenoxy) is 2. The Morgan fingerprint density at radius 1 is 0.967 bits per heavy atom. The molecule has 2 rings (SSSR count). The smallest absolute Gasteiger partial charge is 0.306 e. The van der Waals surface area contributed by atoms with Crippen LogP contribution in [0.3, 0.4) is 0 Å². The molecule has 8 nitrogen and oxygen atoms in total. The fourth-order valence-electron chi connectivity index (χ4n) is 2.42. The molecule has 0 aliphatic rings. The quantitative estimate of drug-likeness (QED) is 0.465. The first-order valence-corrected chi connectivity index (χ1v) is 9.45. The average Bonchev–Trinajstić information content (AvgIpc) is 2.75. The van der Waals surface area contributed by atoms with E-state index in [-0.39, 0.29) is 24.4 Å². The molecule has 2 aromatic carbocycles. The highest BCUT2D eigenvalue weighted by atomic mass is 35.5. The Hall–Kier alpha value is -3.39. The van der Waals surface area contributed by atoms with Crippen LogP contribution in [-0.4, -0.2) is 44.0 Å². The van der Waals surface area contributed by atoms with Crippen LogP contribution in [0.4, 0.5) is 0 Å². The van der Waals surface area contributed by atoms with E-state index in [1.54, 1.807) is 42.5 Å².